The minimum absolute atomic E-state index is 0.0731. The number of sulfonamides is 1. The predicted octanol–water partition coefficient (Wildman–Crippen LogP) is 3.16. The monoisotopic (exact) mass is 540 g/mol. The molecule has 1 aromatic heterocycles. The largest absolute Gasteiger partial charge is 0.450 e. The molecule has 0 radical (unpaired) electrons. The molecule has 11 heteroatoms. The molecule has 0 spiro atoms. The van der Waals surface area contributed by atoms with E-state index in [1.54, 1.807) is 6.92 Å². The number of nitrogens with zero attached hydrogens (tertiary/aromatic N) is 4. The van der Waals surface area contributed by atoms with Crippen LogP contribution in [-0.4, -0.2) is 67.0 Å². The maximum absolute atomic E-state index is 13.1. The van der Waals surface area contributed by atoms with E-state index in [0.29, 0.717) is 4.80 Å². The molecule has 0 N–H and O–H groups in total. The predicted molar refractivity (Wildman–Crippen MR) is 142 cm³/mol. The van der Waals surface area contributed by atoms with Crippen LogP contribution in [0.4, 0.5) is 4.79 Å². The molecule has 1 aliphatic heterocycles. The Balaban J connectivity index is 1.56. The number of thiazole rings is 1. The molecule has 2 amide bonds. The fraction of sp³-hybridized carbons (Fsp3) is 0.346. The van der Waals surface area contributed by atoms with Crippen molar-refractivity contribution in [3.63, 3.8) is 0 Å². The topological polar surface area (TPSA) is 101 Å². The number of benzene rings is 2. The first-order valence-corrected chi connectivity index (χ1v) is 14.1. The van der Waals surface area contributed by atoms with Gasteiger partial charge in [-0.25, -0.2) is 13.2 Å². The van der Waals surface area contributed by atoms with E-state index in [9.17, 15) is 18.0 Å². The summed E-state index contributed by atoms with van der Waals surface area (Å²) in [5.74, 6) is 2.14. The zero-order valence-electron chi connectivity index (χ0n) is 20.9. The van der Waals surface area contributed by atoms with Gasteiger partial charge >= 0.3 is 6.09 Å². The third kappa shape index (κ3) is 5.46. The first kappa shape index (κ1) is 26.6. The molecule has 1 aliphatic rings. The summed E-state index contributed by atoms with van der Waals surface area (Å²) >= 11 is 1.39. The molecule has 0 unspecified atom stereocenters. The second kappa shape index (κ2) is 10.9. The van der Waals surface area contributed by atoms with E-state index in [0.717, 1.165) is 21.3 Å². The fourth-order valence-corrected chi connectivity index (χ4v) is 6.74. The third-order valence-corrected chi connectivity index (χ3v) is 9.21. The minimum Gasteiger partial charge on any atom is -0.450 e. The molecule has 37 heavy (non-hydrogen) atoms. The molecule has 3 aromatic rings. The maximum Gasteiger partial charge on any atom is 0.409 e. The number of amides is 2. The van der Waals surface area contributed by atoms with Gasteiger partial charge in [-0.05, 0) is 62.2 Å². The molecule has 2 heterocycles. The van der Waals surface area contributed by atoms with Crippen molar-refractivity contribution in [1.82, 2.24) is 13.8 Å². The Bertz CT molecular complexity index is 1560. The normalized spacial score (nSPS) is 15.1. The number of aryl methyl sites for hydroxylation is 2. The first-order chi connectivity index (χ1) is 17.6. The van der Waals surface area contributed by atoms with Crippen molar-refractivity contribution in [3.8, 4) is 12.3 Å². The lowest BCUT2D eigenvalue weighted by Crippen LogP contribution is -2.50. The third-order valence-electron chi connectivity index (χ3n) is 6.06. The number of aromatic nitrogens is 1. The van der Waals surface area contributed by atoms with Gasteiger partial charge in [-0.3, -0.25) is 4.79 Å². The van der Waals surface area contributed by atoms with Crippen LogP contribution in [0.5, 0.6) is 0 Å². The first-order valence-electron chi connectivity index (χ1n) is 11.8. The number of carbonyl (C=O) groups excluding carboxylic acids is 2. The van der Waals surface area contributed by atoms with E-state index in [1.165, 1.54) is 44.8 Å². The fourth-order valence-electron chi connectivity index (χ4n) is 4.24. The molecule has 0 aliphatic carbocycles. The van der Waals surface area contributed by atoms with Gasteiger partial charge in [-0.15, -0.1) is 6.42 Å². The molecule has 0 atom stereocenters. The number of hydrogen-bond acceptors (Lipinski definition) is 6. The summed E-state index contributed by atoms with van der Waals surface area (Å²) in [4.78, 5) is 31.2. The summed E-state index contributed by atoms with van der Waals surface area (Å²) in [5.41, 5.74) is 3.36. The standard InChI is InChI=1S/C26H28N4O5S2/c1-5-11-30-22-17-18(3)16-19(4)23(22)36-25(30)27-24(31)20-7-9-21(10-8-20)37(33,34)29-14-12-28(13-15-29)26(32)35-6-2/h1,7-10,16-17H,6,11-15H2,2-4H3. The average molecular weight is 541 g/mol. The van der Waals surface area contributed by atoms with E-state index >= 15 is 0 Å². The van der Waals surface area contributed by atoms with E-state index in [2.05, 4.69) is 17.0 Å². The maximum atomic E-state index is 13.1. The lowest BCUT2D eigenvalue weighted by molar-refractivity contribution is 0.0933. The van der Waals surface area contributed by atoms with Crippen molar-refractivity contribution < 1.29 is 22.7 Å². The smallest absolute Gasteiger partial charge is 0.409 e. The van der Waals surface area contributed by atoms with Gasteiger partial charge in [0.25, 0.3) is 5.91 Å². The van der Waals surface area contributed by atoms with Crippen LogP contribution in [0.15, 0.2) is 46.3 Å². The molecule has 1 fully saturated rings. The highest BCUT2D eigenvalue weighted by atomic mass is 32.2. The number of rotatable bonds is 5. The summed E-state index contributed by atoms with van der Waals surface area (Å²) in [5, 5.41) is 0. The molecular formula is C26H28N4O5S2. The molecule has 194 valence electrons. The van der Waals surface area contributed by atoms with Gasteiger partial charge in [0.05, 0.1) is 28.3 Å². The van der Waals surface area contributed by atoms with Crippen molar-refractivity contribution in [2.45, 2.75) is 32.2 Å². The van der Waals surface area contributed by atoms with Crippen LogP contribution in [0.1, 0.15) is 28.4 Å². The van der Waals surface area contributed by atoms with E-state index < -0.39 is 22.0 Å². The van der Waals surface area contributed by atoms with Crippen LogP contribution in [0.25, 0.3) is 10.2 Å². The summed E-state index contributed by atoms with van der Waals surface area (Å²) in [6.07, 6.45) is 5.13. The quantitative estimate of drug-likeness (QED) is 0.463. The molecule has 0 saturated carbocycles. The van der Waals surface area contributed by atoms with Gasteiger partial charge in [0.2, 0.25) is 10.0 Å². The van der Waals surface area contributed by atoms with Crippen molar-refractivity contribution in [2.24, 2.45) is 4.99 Å². The van der Waals surface area contributed by atoms with Crippen molar-refractivity contribution >= 4 is 43.6 Å². The Kier molecular flexibility index (Phi) is 7.82. The molecule has 0 bridgehead atoms. The minimum atomic E-state index is -3.78. The molecule has 4 rings (SSSR count). The number of ether oxygens (including phenoxy) is 1. The van der Waals surface area contributed by atoms with Gasteiger partial charge in [0.1, 0.15) is 0 Å². The van der Waals surface area contributed by atoms with Crippen molar-refractivity contribution in [1.29, 1.82) is 0 Å². The van der Waals surface area contributed by atoms with Crippen LogP contribution in [0.2, 0.25) is 0 Å². The number of carbonyl (C=O) groups is 2. The highest BCUT2D eigenvalue weighted by Gasteiger charge is 2.30. The molecule has 2 aromatic carbocycles. The van der Waals surface area contributed by atoms with Crippen LogP contribution in [-0.2, 0) is 21.3 Å². The van der Waals surface area contributed by atoms with E-state index in [-0.39, 0.29) is 49.8 Å². The summed E-state index contributed by atoms with van der Waals surface area (Å²) < 4.78 is 35.4. The SMILES string of the molecule is C#CCn1c(=NC(=O)c2ccc(S(=O)(=O)N3CCN(C(=O)OCC)CC3)cc2)sc2c(C)cc(C)cc21. The van der Waals surface area contributed by atoms with Crippen LogP contribution in [0.3, 0.4) is 0 Å². The van der Waals surface area contributed by atoms with Crippen LogP contribution < -0.4 is 4.80 Å². The number of piperazine rings is 1. The summed E-state index contributed by atoms with van der Waals surface area (Å²) in [6.45, 7) is 7.10. The van der Waals surface area contributed by atoms with Gasteiger partial charge in [0, 0.05) is 31.7 Å². The van der Waals surface area contributed by atoms with Gasteiger partial charge < -0.3 is 14.2 Å². The van der Waals surface area contributed by atoms with Gasteiger partial charge in [-0.1, -0.05) is 23.3 Å². The summed E-state index contributed by atoms with van der Waals surface area (Å²) in [6, 6.07) is 9.82. The second-order valence-corrected chi connectivity index (χ2v) is 11.6. The summed E-state index contributed by atoms with van der Waals surface area (Å²) in [7, 11) is -3.78. The lowest BCUT2D eigenvalue weighted by atomic mass is 10.1. The Morgan fingerprint density at radius 3 is 2.41 bits per heavy atom. The van der Waals surface area contributed by atoms with E-state index in [4.69, 9.17) is 11.2 Å². The van der Waals surface area contributed by atoms with Crippen LogP contribution >= 0.6 is 11.3 Å². The Morgan fingerprint density at radius 1 is 1.11 bits per heavy atom. The zero-order valence-corrected chi connectivity index (χ0v) is 22.6. The van der Waals surface area contributed by atoms with Crippen LogP contribution in [0, 0.1) is 26.2 Å². The number of terminal acetylenes is 1. The molecular weight excluding hydrogens is 512 g/mol. The van der Waals surface area contributed by atoms with Gasteiger partial charge in [-0.2, -0.15) is 9.30 Å². The highest BCUT2D eigenvalue weighted by Crippen LogP contribution is 2.24. The molecule has 9 nitrogen and oxygen atoms in total. The number of fused-ring (bicyclic) bond motifs is 1. The van der Waals surface area contributed by atoms with Crippen molar-refractivity contribution in [2.75, 3.05) is 32.8 Å². The average Bonchev–Trinajstić information content (AvgIpc) is 3.21. The zero-order chi connectivity index (χ0) is 26.7. The van der Waals surface area contributed by atoms with Crippen molar-refractivity contribution in [3.05, 3.63) is 57.9 Å². The number of hydrogen-bond donors (Lipinski definition) is 0. The Hall–Kier alpha value is -3.46. The highest BCUT2D eigenvalue weighted by molar-refractivity contribution is 7.89. The molecule has 1 saturated heterocycles. The lowest BCUT2D eigenvalue weighted by Gasteiger charge is -2.33. The van der Waals surface area contributed by atoms with Gasteiger partial charge in [0.15, 0.2) is 4.80 Å². The second-order valence-electron chi connectivity index (χ2n) is 8.64. The Morgan fingerprint density at radius 2 is 1.78 bits per heavy atom. The van der Waals surface area contributed by atoms with E-state index in [1.807, 2.05) is 24.5 Å². The Labute approximate surface area is 220 Å².